The summed E-state index contributed by atoms with van der Waals surface area (Å²) < 4.78 is 0. The van der Waals surface area contributed by atoms with Crippen molar-refractivity contribution >= 4 is 23.4 Å². The van der Waals surface area contributed by atoms with Crippen LogP contribution >= 0.6 is 11.6 Å². The molecule has 0 heterocycles. The van der Waals surface area contributed by atoms with Crippen molar-refractivity contribution in [1.29, 1.82) is 0 Å². The van der Waals surface area contributed by atoms with Gasteiger partial charge in [0.05, 0.1) is 0 Å². The summed E-state index contributed by atoms with van der Waals surface area (Å²) in [5.74, 6) is 0.382. The number of carbonyl (C=O) groups is 2. The van der Waals surface area contributed by atoms with Crippen LogP contribution in [0.4, 0.5) is 0 Å². The highest BCUT2D eigenvalue weighted by Crippen LogP contribution is 2.29. The molecule has 2 N–H and O–H groups in total. The topological polar surface area (TPSA) is 58.2 Å². The molecule has 1 aliphatic rings. The van der Waals surface area contributed by atoms with E-state index in [2.05, 4.69) is 10.6 Å². The Morgan fingerprint density at radius 1 is 1.04 bits per heavy atom. The summed E-state index contributed by atoms with van der Waals surface area (Å²) in [5, 5.41) is 6.69. The van der Waals surface area contributed by atoms with E-state index < -0.39 is 0 Å². The molecular weight excluding hydrogens is 324 g/mol. The van der Waals surface area contributed by atoms with Crippen LogP contribution in [-0.4, -0.2) is 24.9 Å². The first-order valence-corrected chi connectivity index (χ1v) is 9.27. The number of hydrogen-bond donors (Lipinski definition) is 2. The molecule has 4 nitrogen and oxygen atoms in total. The third-order valence-electron chi connectivity index (χ3n) is 4.62. The zero-order valence-corrected chi connectivity index (χ0v) is 15.1. The van der Waals surface area contributed by atoms with Crippen LogP contribution in [0.3, 0.4) is 0 Å². The van der Waals surface area contributed by atoms with Crippen LogP contribution in [0.15, 0.2) is 24.3 Å². The first kappa shape index (κ1) is 18.8. The van der Waals surface area contributed by atoms with Crippen molar-refractivity contribution in [3.63, 3.8) is 0 Å². The van der Waals surface area contributed by atoms with Gasteiger partial charge in [0, 0.05) is 29.9 Å². The molecule has 0 aromatic heterocycles. The van der Waals surface area contributed by atoms with Crippen LogP contribution in [0.1, 0.15) is 44.6 Å². The zero-order chi connectivity index (χ0) is 17.4. The van der Waals surface area contributed by atoms with Gasteiger partial charge in [-0.15, -0.1) is 0 Å². The van der Waals surface area contributed by atoms with Crippen molar-refractivity contribution in [2.24, 2.45) is 11.8 Å². The number of halogens is 1. The van der Waals surface area contributed by atoms with Gasteiger partial charge in [-0.2, -0.15) is 0 Å². The molecule has 1 aromatic carbocycles. The minimum absolute atomic E-state index is 0.0413. The highest BCUT2D eigenvalue weighted by Gasteiger charge is 2.29. The predicted molar refractivity (Wildman–Crippen MR) is 96.9 cm³/mol. The van der Waals surface area contributed by atoms with E-state index >= 15 is 0 Å². The third-order valence-corrected chi connectivity index (χ3v) is 4.86. The van der Waals surface area contributed by atoms with Gasteiger partial charge in [0.1, 0.15) is 0 Å². The fourth-order valence-corrected chi connectivity index (χ4v) is 3.39. The number of amides is 2. The number of nitrogens with one attached hydrogen (secondary N) is 2. The summed E-state index contributed by atoms with van der Waals surface area (Å²) in [6.45, 7) is 3.41. The first-order chi connectivity index (χ1) is 11.6. The molecule has 2 rings (SSSR count). The summed E-state index contributed by atoms with van der Waals surface area (Å²) in [4.78, 5) is 24.2. The number of carbonyl (C=O) groups excluding carboxylic acids is 2. The van der Waals surface area contributed by atoms with Gasteiger partial charge in [-0.05, 0) is 56.2 Å². The summed E-state index contributed by atoms with van der Waals surface area (Å²) in [7, 11) is 0. The van der Waals surface area contributed by atoms with Gasteiger partial charge in [0.25, 0.3) is 0 Å². The molecule has 0 saturated heterocycles. The third kappa shape index (κ3) is 5.82. The summed E-state index contributed by atoms with van der Waals surface area (Å²) in [6, 6.07) is 7.70. The standard InChI is InChI=1S/C19H27ClN2O2/c1-2-11-21-18(23)15-6-8-16(9-7-15)19(24)22-12-10-14-4-3-5-17(20)13-14/h3-5,13,15-16H,2,6-12H2,1H3,(H,21,23)(H,22,24). The fraction of sp³-hybridized carbons (Fsp3) is 0.579. The molecule has 1 fully saturated rings. The zero-order valence-electron chi connectivity index (χ0n) is 14.3. The Morgan fingerprint density at radius 2 is 1.62 bits per heavy atom. The Bertz CT molecular complexity index is 554. The molecule has 0 spiro atoms. The van der Waals surface area contributed by atoms with Crippen molar-refractivity contribution in [3.8, 4) is 0 Å². The SMILES string of the molecule is CCCNC(=O)C1CCC(C(=O)NCCc2cccc(Cl)c2)CC1. The fourth-order valence-electron chi connectivity index (χ4n) is 3.18. The maximum atomic E-state index is 12.3. The van der Waals surface area contributed by atoms with Gasteiger partial charge in [0.15, 0.2) is 0 Å². The predicted octanol–water partition coefficient (Wildman–Crippen LogP) is 3.33. The van der Waals surface area contributed by atoms with Crippen molar-refractivity contribution in [2.45, 2.75) is 45.4 Å². The van der Waals surface area contributed by atoms with E-state index in [1.54, 1.807) is 0 Å². The minimum atomic E-state index is 0.0413. The second-order valence-corrected chi connectivity index (χ2v) is 6.95. The van der Waals surface area contributed by atoms with E-state index in [4.69, 9.17) is 11.6 Å². The van der Waals surface area contributed by atoms with Gasteiger partial charge in [0.2, 0.25) is 11.8 Å². The smallest absolute Gasteiger partial charge is 0.223 e. The molecule has 0 aliphatic heterocycles. The molecule has 1 aliphatic carbocycles. The van der Waals surface area contributed by atoms with Crippen LogP contribution < -0.4 is 10.6 Å². The molecule has 0 unspecified atom stereocenters. The first-order valence-electron chi connectivity index (χ1n) is 8.90. The van der Waals surface area contributed by atoms with Crippen LogP contribution in [0.5, 0.6) is 0 Å². The number of benzene rings is 1. The highest BCUT2D eigenvalue weighted by molar-refractivity contribution is 6.30. The Labute approximate surface area is 149 Å². The average Bonchev–Trinajstić information content (AvgIpc) is 2.60. The number of hydrogen-bond acceptors (Lipinski definition) is 2. The van der Waals surface area contributed by atoms with Crippen molar-refractivity contribution in [3.05, 3.63) is 34.9 Å². The second-order valence-electron chi connectivity index (χ2n) is 6.51. The molecular formula is C19H27ClN2O2. The van der Waals surface area contributed by atoms with Gasteiger partial charge in [-0.25, -0.2) is 0 Å². The maximum Gasteiger partial charge on any atom is 0.223 e. The van der Waals surface area contributed by atoms with Gasteiger partial charge < -0.3 is 10.6 Å². The molecule has 1 aromatic rings. The lowest BCUT2D eigenvalue weighted by Gasteiger charge is -2.27. The summed E-state index contributed by atoms with van der Waals surface area (Å²) >= 11 is 5.96. The lowest BCUT2D eigenvalue weighted by atomic mass is 9.81. The average molecular weight is 351 g/mol. The molecule has 24 heavy (non-hydrogen) atoms. The molecule has 0 bridgehead atoms. The Kier molecular flexibility index (Phi) is 7.57. The van der Waals surface area contributed by atoms with Crippen molar-refractivity contribution < 1.29 is 9.59 Å². The Morgan fingerprint density at radius 3 is 2.17 bits per heavy atom. The van der Waals surface area contributed by atoms with Crippen LogP contribution in [0.25, 0.3) is 0 Å². The molecule has 1 saturated carbocycles. The van der Waals surface area contributed by atoms with E-state index in [9.17, 15) is 9.59 Å². The summed E-state index contributed by atoms with van der Waals surface area (Å²) in [5.41, 5.74) is 1.12. The van der Waals surface area contributed by atoms with Gasteiger partial charge in [-0.1, -0.05) is 30.7 Å². The highest BCUT2D eigenvalue weighted by atomic mass is 35.5. The number of rotatable bonds is 7. The minimum Gasteiger partial charge on any atom is -0.356 e. The van der Waals surface area contributed by atoms with Crippen molar-refractivity contribution in [1.82, 2.24) is 10.6 Å². The quantitative estimate of drug-likeness (QED) is 0.792. The van der Waals surface area contributed by atoms with E-state index in [0.717, 1.165) is 55.7 Å². The largest absolute Gasteiger partial charge is 0.356 e. The lowest BCUT2D eigenvalue weighted by molar-refractivity contribution is -0.130. The van der Waals surface area contributed by atoms with Crippen LogP contribution in [-0.2, 0) is 16.0 Å². The Hall–Kier alpha value is -1.55. The molecule has 5 heteroatoms. The van der Waals surface area contributed by atoms with Crippen LogP contribution in [0.2, 0.25) is 5.02 Å². The van der Waals surface area contributed by atoms with E-state index in [1.807, 2.05) is 31.2 Å². The molecule has 0 atom stereocenters. The molecule has 0 radical (unpaired) electrons. The monoisotopic (exact) mass is 350 g/mol. The van der Waals surface area contributed by atoms with E-state index in [0.29, 0.717) is 6.54 Å². The maximum absolute atomic E-state index is 12.3. The van der Waals surface area contributed by atoms with E-state index in [1.165, 1.54) is 0 Å². The summed E-state index contributed by atoms with van der Waals surface area (Å²) in [6.07, 6.45) is 4.95. The van der Waals surface area contributed by atoms with Gasteiger partial charge >= 0.3 is 0 Å². The van der Waals surface area contributed by atoms with Crippen molar-refractivity contribution in [2.75, 3.05) is 13.1 Å². The van der Waals surface area contributed by atoms with Gasteiger partial charge in [-0.3, -0.25) is 9.59 Å². The van der Waals surface area contributed by atoms with Crippen LogP contribution in [0, 0.1) is 11.8 Å². The lowest BCUT2D eigenvalue weighted by Crippen LogP contribution is -2.38. The molecule has 132 valence electrons. The molecule has 2 amide bonds. The normalized spacial score (nSPS) is 20.4. The Balaban J connectivity index is 1.68. The van der Waals surface area contributed by atoms with E-state index in [-0.39, 0.29) is 23.7 Å². The second kappa shape index (κ2) is 9.67.